The van der Waals surface area contributed by atoms with Gasteiger partial charge in [0.05, 0.1) is 7.11 Å². The van der Waals surface area contributed by atoms with Crippen LogP contribution in [-0.2, 0) is 11.3 Å². The molecule has 3 N–H and O–H groups in total. The highest BCUT2D eigenvalue weighted by Gasteiger charge is 2.27. The lowest BCUT2D eigenvalue weighted by Gasteiger charge is -2.35. The van der Waals surface area contributed by atoms with Gasteiger partial charge in [-0.1, -0.05) is 30.3 Å². The zero-order chi connectivity index (χ0) is 24.1. The fourth-order valence-corrected chi connectivity index (χ4v) is 3.94. The van der Waals surface area contributed by atoms with E-state index in [1.54, 1.807) is 23.8 Å². The molecule has 4 amide bonds. The predicted molar refractivity (Wildman–Crippen MR) is 129 cm³/mol. The molecule has 0 saturated carbocycles. The van der Waals surface area contributed by atoms with Crippen molar-refractivity contribution in [2.45, 2.75) is 19.5 Å². The smallest absolute Gasteiger partial charge is 0.318 e. The number of rotatable bonds is 6. The van der Waals surface area contributed by atoms with Gasteiger partial charge in [-0.3, -0.25) is 9.59 Å². The number of methoxy groups -OCH3 is 1. The molecule has 2 aromatic carbocycles. The van der Waals surface area contributed by atoms with Gasteiger partial charge in [-0.25, -0.2) is 4.79 Å². The molecule has 0 unspecified atom stereocenters. The quantitative estimate of drug-likeness (QED) is 0.522. The predicted octanol–water partition coefficient (Wildman–Crippen LogP) is 2.35. The minimum Gasteiger partial charge on any atom is -0.497 e. The Morgan fingerprint density at radius 2 is 1.74 bits per heavy atom. The average molecular weight is 464 g/mol. The highest BCUT2D eigenvalue weighted by molar-refractivity contribution is 5.98. The Morgan fingerprint density at radius 3 is 2.47 bits per heavy atom. The van der Waals surface area contributed by atoms with E-state index < -0.39 is 6.04 Å². The van der Waals surface area contributed by atoms with Gasteiger partial charge < -0.3 is 30.2 Å². The summed E-state index contributed by atoms with van der Waals surface area (Å²) in [4.78, 5) is 44.5. The molecule has 4 rings (SSSR count). The number of carbonyl (C=O) groups excluding carboxylic acids is 3. The number of aromatic amines is 1. The number of nitrogens with zero attached hydrogens (tertiary/aromatic N) is 2. The van der Waals surface area contributed by atoms with Crippen LogP contribution < -0.4 is 15.4 Å². The molecular formula is C25H29N5O4. The second-order valence-electron chi connectivity index (χ2n) is 8.29. The lowest BCUT2D eigenvalue weighted by molar-refractivity contribution is -0.122. The molecule has 1 fully saturated rings. The zero-order valence-electron chi connectivity index (χ0n) is 19.3. The number of amides is 4. The van der Waals surface area contributed by atoms with Crippen LogP contribution in [0, 0.1) is 0 Å². The van der Waals surface area contributed by atoms with Crippen LogP contribution >= 0.6 is 0 Å². The topological polar surface area (TPSA) is 107 Å². The van der Waals surface area contributed by atoms with Crippen molar-refractivity contribution in [3.8, 4) is 5.75 Å². The van der Waals surface area contributed by atoms with Crippen molar-refractivity contribution in [2.24, 2.45) is 0 Å². The fraction of sp³-hybridized carbons (Fsp3) is 0.320. The summed E-state index contributed by atoms with van der Waals surface area (Å²) in [6.45, 7) is 3.64. The number of piperazine rings is 1. The number of para-hydroxylation sites is 1. The van der Waals surface area contributed by atoms with Crippen molar-refractivity contribution in [1.29, 1.82) is 0 Å². The van der Waals surface area contributed by atoms with Crippen molar-refractivity contribution >= 4 is 28.7 Å². The van der Waals surface area contributed by atoms with E-state index in [4.69, 9.17) is 4.74 Å². The number of fused-ring (bicyclic) bond motifs is 1. The highest BCUT2D eigenvalue weighted by Crippen LogP contribution is 2.17. The van der Waals surface area contributed by atoms with Gasteiger partial charge in [0, 0.05) is 43.6 Å². The van der Waals surface area contributed by atoms with E-state index in [0.29, 0.717) is 38.4 Å². The van der Waals surface area contributed by atoms with Crippen LogP contribution in [-0.4, -0.2) is 72.0 Å². The second-order valence-corrected chi connectivity index (χ2v) is 8.29. The third kappa shape index (κ3) is 5.31. The van der Waals surface area contributed by atoms with E-state index in [0.717, 1.165) is 22.2 Å². The van der Waals surface area contributed by atoms with Crippen molar-refractivity contribution < 1.29 is 19.1 Å². The molecule has 9 heteroatoms. The number of carbonyl (C=O) groups is 3. The first-order valence-corrected chi connectivity index (χ1v) is 11.3. The Hall–Kier alpha value is -4.01. The monoisotopic (exact) mass is 463 g/mol. The van der Waals surface area contributed by atoms with E-state index >= 15 is 0 Å². The Labute approximate surface area is 198 Å². The first-order valence-electron chi connectivity index (χ1n) is 11.3. The van der Waals surface area contributed by atoms with Crippen molar-refractivity contribution in [3.63, 3.8) is 0 Å². The molecule has 0 aliphatic carbocycles. The van der Waals surface area contributed by atoms with Gasteiger partial charge in [0.25, 0.3) is 5.91 Å². The number of nitrogens with one attached hydrogen (secondary N) is 3. The van der Waals surface area contributed by atoms with Gasteiger partial charge >= 0.3 is 6.03 Å². The van der Waals surface area contributed by atoms with Gasteiger partial charge in [0.2, 0.25) is 5.91 Å². The first-order chi connectivity index (χ1) is 16.4. The highest BCUT2D eigenvalue weighted by atomic mass is 16.5. The minimum absolute atomic E-state index is 0.0819. The third-order valence-corrected chi connectivity index (χ3v) is 5.95. The first kappa shape index (κ1) is 23.2. The second kappa shape index (κ2) is 10.3. The van der Waals surface area contributed by atoms with Gasteiger partial charge in [0.15, 0.2) is 0 Å². The normalized spacial score (nSPS) is 14.5. The average Bonchev–Trinajstić information content (AvgIpc) is 3.31. The van der Waals surface area contributed by atoms with E-state index in [-0.39, 0.29) is 17.8 Å². The van der Waals surface area contributed by atoms with Gasteiger partial charge in [0.1, 0.15) is 17.5 Å². The maximum Gasteiger partial charge on any atom is 0.318 e. The summed E-state index contributed by atoms with van der Waals surface area (Å²) in [5.74, 6) is 0.362. The molecule has 1 aromatic heterocycles. The Kier molecular flexibility index (Phi) is 7.01. The molecule has 3 aromatic rings. The summed E-state index contributed by atoms with van der Waals surface area (Å²) >= 11 is 0. The molecule has 1 saturated heterocycles. The third-order valence-electron chi connectivity index (χ3n) is 5.95. The maximum absolute atomic E-state index is 12.9. The zero-order valence-corrected chi connectivity index (χ0v) is 19.3. The molecule has 34 heavy (non-hydrogen) atoms. The molecule has 0 spiro atoms. The Balaban J connectivity index is 1.24. The van der Waals surface area contributed by atoms with Crippen molar-refractivity contribution in [2.75, 3.05) is 33.3 Å². The maximum atomic E-state index is 12.9. The number of benzene rings is 2. The van der Waals surface area contributed by atoms with E-state index in [2.05, 4.69) is 15.6 Å². The van der Waals surface area contributed by atoms with Crippen molar-refractivity contribution in [3.05, 3.63) is 65.9 Å². The molecule has 1 aliphatic rings. The van der Waals surface area contributed by atoms with Gasteiger partial charge in [-0.05, 0) is 36.8 Å². The Bertz CT molecular complexity index is 1150. The molecule has 1 aliphatic heterocycles. The molecule has 0 bridgehead atoms. The summed E-state index contributed by atoms with van der Waals surface area (Å²) < 4.78 is 5.19. The molecular weight excluding hydrogens is 434 g/mol. The van der Waals surface area contributed by atoms with E-state index in [1.165, 1.54) is 0 Å². The van der Waals surface area contributed by atoms with E-state index in [9.17, 15) is 14.4 Å². The van der Waals surface area contributed by atoms with E-state index in [1.807, 2.05) is 54.6 Å². The number of hydrogen-bond donors (Lipinski definition) is 3. The number of aromatic nitrogens is 1. The van der Waals surface area contributed by atoms with Crippen LogP contribution in [0.2, 0.25) is 0 Å². The van der Waals surface area contributed by atoms with Crippen LogP contribution in [0.15, 0.2) is 54.6 Å². The lowest BCUT2D eigenvalue weighted by atomic mass is 10.2. The largest absolute Gasteiger partial charge is 0.497 e. The van der Waals surface area contributed by atoms with Gasteiger partial charge in [-0.2, -0.15) is 0 Å². The molecule has 0 radical (unpaired) electrons. The summed E-state index contributed by atoms with van der Waals surface area (Å²) in [6.07, 6.45) is 0. The van der Waals surface area contributed by atoms with Crippen LogP contribution in [0.4, 0.5) is 4.79 Å². The molecule has 178 valence electrons. The number of ether oxygens (including phenoxy) is 1. The van der Waals surface area contributed by atoms with Crippen LogP contribution in [0.25, 0.3) is 10.9 Å². The number of urea groups is 1. The Morgan fingerprint density at radius 1 is 1.00 bits per heavy atom. The van der Waals surface area contributed by atoms with Crippen LogP contribution in [0.1, 0.15) is 23.0 Å². The molecule has 1 atom stereocenters. The number of H-pyrrole nitrogens is 1. The standard InChI is InChI=1S/C25H29N5O4/c1-17(23(31)26-16-18-6-5-8-20(14-18)34-2)27-25(33)30-12-10-29(11-13-30)24(32)22-15-19-7-3-4-9-21(19)28-22/h3-9,14-15,17,28H,10-13,16H2,1-2H3,(H,26,31)(H,27,33)/t17-/m0/s1. The fourth-order valence-electron chi connectivity index (χ4n) is 3.94. The molecule has 9 nitrogen and oxygen atoms in total. The SMILES string of the molecule is COc1cccc(CNC(=O)[C@H](C)NC(=O)N2CCN(C(=O)c3cc4ccccc4[nH]3)CC2)c1. The summed E-state index contributed by atoms with van der Waals surface area (Å²) in [5, 5.41) is 6.56. The molecule has 2 heterocycles. The summed E-state index contributed by atoms with van der Waals surface area (Å²) in [7, 11) is 1.59. The van der Waals surface area contributed by atoms with Crippen LogP contribution in [0.3, 0.4) is 0 Å². The number of hydrogen-bond acceptors (Lipinski definition) is 4. The van der Waals surface area contributed by atoms with Crippen LogP contribution in [0.5, 0.6) is 5.75 Å². The summed E-state index contributed by atoms with van der Waals surface area (Å²) in [5.41, 5.74) is 2.37. The summed E-state index contributed by atoms with van der Waals surface area (Å²) in [6, 6.07) is 16.0. The minimum atomic E-state index is -0.691. The lowest BCUT2D eigenvalue weighted by Crippen LogP contribution is -2.56. The van der Waals surface area contributed by atoms with Gasteiger partial charge in [-0.15, -0.1) is 0 Å². The van der Waals surface area contributed by atoms with Crippen molar-refractivity contribution in [1.82, 2.24) is 25.4 Å².